The minimum absolute atomic E-state index is 0.0365. The van der Waals surface area contributed by atoms with Crippen LogP contribution in [0.5, 0.6) is 0 Å². The molecule has 5 atom stereocenters. The third-order valence-corrected chi connectivity index (χ3v) is 5.08. The van der Waals surface area contributed by atoms with Gasteiger partial charge in [0, 0.05) is 24.5 Å². The molecule has 28 heavy (non-hydrogen) atoms. The summed E-state index contributed by atoms with van der Waals surface area (Å²) in [6.07, 6.45) is 5.14. The largest absolute Gasteiger partial charge is 0.511 e. The van der Waals surface area contributed by atoms with Crippen molar-refractivity contribution in [3.8, 4) is 11.8 Å². The summed E-state index contributed by atoms with van der Waals surface area (Å²) in [5.41, 5.74) is 9.45. The zero-order valence-corrected chi connectivity index (χ0v) is 16.1. The minimum Gasteiger partial charge on any atom is -0.511 e. The van der Waals surface area contributed by atoms with E-state index in [1.807, 2.05) is 6.08 Å². The Balaban J connectivity index is 1.77. The number of nitrogens with one attached hydrogen (secondary N) is 4. The average molecular weight is 388 g/mol. The van der Waals surface area contributed by atoms with Crippen LogP contribution in [-0.4, -0.2) is 23.7 Å². The van der Waals surface area contributed by atoms with Crippen molar-refractivity contribution in [1.82, 2.24) is 16.1 Å². The Morgan fingerprint density at radius 1 is 1.39 bits per heavy atom. The highest BCUT2D eigenvalue weighted by Crippen LogP contribution is 2.36. The van der Waals surface area contributed by atoms with Gasteiger partial charge >= 0.3 is 0 Å². The van der Waals surface area contributed by atoms with Crippen LogP contribution in [0.2, 0.25) is 0 Å². The maximum Gasteiger partial charge on any atom is 0.185 e. The van der Waals surface area contributed by atoms with Crippen LogP contribution in [0.1, 0.15) is 33.1 Å². The zero-order valence-electron chi connectivity index (χ0n) is 16.1. The van der Waals surface area contributed by atoms with E-state index >= 15 is 0 Å². The quantitative estimate of drug-likeness (QED) is 0.177. The first kappa shape index (κ1) is 19.9. The predicted octanol–water partition coefficient (Wildman–Crippen LogP) is 2.02. The van der Waals surface area contributed by atoms with Crippen molar-refractivity contribution in [2.24, 2.45) is 45.1 Å². The molecule has 0 aromatic carbocycles. The first-order valence-corrected chi connectivity index (χ1v) is 9.54. The third kappa shape index (κ3) is 4.92. The molecule has 2 aliphatic carbocycles. The monoisotopic (exact) mass is 388 g/mol. The average Bonchev–Trinajstić information content (AvgIpc) is 3.48. The third-order valence-electron chi connectivity index (χ3n) is 5.08. The number of nitrogens with two attached hydrogens (primary N) is 1. The Bertz CT molecular complexity index is 719. The van der Waals surface area contributed by atoms with Crippen LogP contribution in [0, 0.1) is 41.0 Å². The minimum atomic E-state index is -0.617. The van der Waals surface area contributed by atoms with E-state index in [2.05, 4.69) is 57.3 Å². The van der Waals surface area contributed by atoms with Gasteiger partial charge in [0.15, 0.2) is 18.2 Å². The molecule has 0 aromatic heterocycles. The fourth-order valence-corrected chi connectivity index (χ4v) is 3.36. The Labute approximate surface area is 164 Å². The van der Waals surface area contributed by atoms with E-state index in [1.165, 1.54) is 0 Å². The smallest absolute Gasteiger partial charge is 0.185 e. The topological polar surface area (TPSA) is 152 Å². The summed E-state index contributed by atoms with van der Waals surface area (Å²) in [5.74, 6) is 13.1. The summed E-state index contributed by atoms with van der Waals surface area (Å²) < 4.78 is 6.30. The van der Waals surface area contributed by atoms with Crippen LogP contribution in [0.15, 0.2) is 39.4 Å². The number of hydrogen-bond donors (Lipinski definition) is 6. The maximum absolute atomic E-state index is 10.5. The number of hydrogen-bond acceptors (Lipinski definition) is 8. The number of allylic oxidation sites excluding steroid dienone is 1. The molecule has 0 saturated heterocycles. The number of nitrogens with zero attached hydrogens (tertiary/aromatic N) is 3. The van der Waals surface area contributed by atoms with Crippen LogP contribution in [0.3, 0.4) is 0 Å². The summed E-state index contributed by atoms with van der Waals surface area (Å²) in [5, 5.41) is 27.0. The van der Waals surface area contributed by atoms with Crippen LogP contribution in [0.25, 0.3) is 0 Å². The van der Waals surface area contributed by atoms with E-state index in [4.69, 9.17) is 16.1 Å². The van der Waals surface area contributed by atoms with Gasteiger partial charge in [-0.25, -0.2) is 5.32 Å². The van der Waals surface area contributed by atoms with Gasteiger partial charge in [0.05, 0.1) is 5.92 Å². The lowest BCUT2D eigenvalue weighted by Crippen LogP contribution is -2.56. The Morgan fingerprint density at radius 3 is 2.82 bits per heavy atom. The molecule has 3 aliphatic rings. The molecular formula is C18H28N8O2. The number of ether oxygens (including phenoxy) is 1. The lowest BCUT2D eigenvalue weighted by Gasteiger charge is -2.37. The molecule has 0 bridgehead atoms. The fourth-order valence-electron chi connectivity index (χ4n) is 3.36. The first-order chi connectivity index (χ1) is 13.5. The van der Waals surface area contributed by atoms with Gasteiger partial charge in [0.2, 0.25) is 0 Å². The van der Waals surface area contributed by atoms with E-state index in [0.29, 0.717) is 23.9 Å². The van der Waals surface area contributed by atoms with Gasteiger partial charge in [-0.2, -0.15) is 5.53 Å². The molecule has 3 rings (SSSR count). The van der Waals surface area contributed by atoms with Crippen LogP contribution >= 0.6 is 0 Å². The number of rotatable bonds is 6. The Kier molecular flexibility index (Phi) is 6.36. The molecular weight excluding hydrogens is 360 g/mol. The second kappa shape index (κ2) is 8.93. The standard InChI is InChI=1S/C18H28N8O2/c1-10(2)13-8-14(27)12(6-5-11-3-4-11)7-15(13)28-16-9-21-18(24-26-20)22-17(16)23-25-19/h8-13,15,17-18,21-22,27H,3-4,7H2,1-2H3,(H2,19,23)(H2,20,24). The predicted molar refractivity (Wildman–Crippen MR) is 102 cm³/mol. The Morgan fingerprint density at radius 2 is 2.18 bits per heavy atom. The molecule has 5 unspecified atom stereocenters. The zero-order chi connectivity index (χ0) is 20.1. The van der Waals surface area contributed by atoms with Gasteiger partial charge in [-0.3, -0.25) is 5.43 Å². The summed E-state index contributed by atoms with van der Waals surface area (Å²) in [7, 11) is 0. The molecule has 1 saturated carbocycles. The van der Waals surface area contributed by atoms with Gasteiger partial charge < -0.3 is 21.0 Å². The van der Waals surface area contributed by atoms with Gasteiger partial charge in [-0.1, -0.05) is 36.1 Å². The van der Waals surface area contributed by atoms with Crippen molar-refractivity contribution < 1.29 is 9.84 Å². The molecule has 10 nitrogen and oxygen atoms in total. The highest BCUT2D eigenvalue weighted by Gasteiger charge is 2.36. The second-order valence-electron chi connectivity index (χ2n) is 7.61. The molecule has 0 aromatic rings. The highest BCUT2D eigenvalue weighted by molar-refractivity contribution is 5.23. The molecule has 1 aliphatic heterocycles. The van der Waals surface area contributed by atoms with Gasteiger partial charge in [-0.15, -0.1) is 5.11 Å². The van der Waals surface area contributed by atoms with Crippen molar-refractivity contribution in [2.75, 3.05) is 0 Å². The number of aliphatic hydroxyl groups is 1. The molecule has 152 valence electrons. The van der Waals surface area contributed by atoms with Gasteiger partial charge in [0.1, 0.15) is 11.9 Å². The van der Waals surface area contributed by atoms with Crippen LogP contribution < -0.4 is 21.9 Å². The molecule has 0 spiro atoms. The lowest BCUT2D eigenvalue weighted by molar-refractivity contribution is 0.0214. The van der Waals surface area contributed by atoms with Gasteiger partial charge in [-0.05, 0) is 24.8 Å². The highest BCUT2D eigenvalue weighted by atomic mass is 16.5. The molecule has 1 heterocycles. The number of aliphatic hydroxyl groups excluding tert-OH is 1. The van der Waals surface area contributed by atoms with Crippen LogP contribution in [0.4, 0.5) is 0 Å². The second-order valence-corrected chi connectivity index (χ2v) is 7.61. The fraction of sp³-hybridized carbons (Fsp3) is 0.667. The van der Waals surface area contributed by atoms with Crippen molar-refractivity contribution >= 4 is 0 Å². The Hall–Kier alpha value is -2.80. The summed E-state index contributed by atoms with van der Waals surface area (Å²) in [4.78, 5) is 0. The molecule has 0 radical (unpaired) electrons. The van der Waals surface area contributed by atoms with E-state index in [9.17, 15) is 5.11 Å². The SMILES string of the molecule is CC(C)C1C=C(O)C(C#CC2CC2)CC1OC1=CNC(NN=N)NC1N=NN. The maximum atomic E-state index is 10.5. The van der Waals surface area contributed by atoms with Crippen molar-refractivity contribution in [3.63, 3.8) is 0 Å². The van der Waals surface area contributed by atoms with E-state index in [-0.39, 0.29) is 23.9 Å². The summed E-state index contributed by atoms with van der Waals surface area (Å²) in [6.45, 7) is 4.19. The molecule has 1 fully saturated rings. The van der Waals surface area contributed by atoms with Gasteiger partial charge in [0.25, 0.3) is 0 Å². The van der Waals surface area contributed by atoms with Crippen LogP contribution in [-0.2, 0) is 4.74 Å². The molecule has 7 N–H and O–H groups in total. The first-order valence-electron chi connectivity index (χ1n) is 9.54. The van der Waals surface area contributed by atoms with Crippen molar-refractivity contribution in [2.45, 2.75) is 51.7 Å². The van der Waals surface area contributed by atoms with E-state index in [0.717, 1.165) is 12.8 Å². The summed E-state index contributed by atoms with van der Waals surface area (Å²) >= 11 is 0. The van der Waals surface area contributed by atoms with E-state index < -0.39 is 12.5 Å². The normalized spacial score (nSPS) is 32.6. The lowest BCUT2D eigenvalue weighted by atomic mass is 9.79. The van der Waals surface area contributed by atoms with E-state index in [1.54, 1.807) is 6.20 Å². The van der Waals surface area contributed by atoms with Crippen molar-refractivity contribution in [3.05, 3.63) is 23.8 Å². The molecule has 0 amide bonds. The molecule has 10 heteroatoms. The summed E-state index contributed by atoms with van der Waals surface area (Å²) in [6, 6.07) is 0. The van der Waals surface area contributed by atoms with Crippen molar-refractivity contribution in [1.29, 1.82) is 5.53 Å².